The van der Waals surface area contributed by atoms with Crippen molar-refractivity contribution in [2.45, 2.75) is 33.6 Å². The van der Waals surface area contributed by atoms with Gasteiger partial charge in [0.2, 0.25) is 0 Å². The molecular formula is C13H19N. The van der Waals surface area contributed by atoms with Crippen LogP contribution in [-0.4, -0.2) is 4.98 Å². The zero-order chi connectivity index (χ0) is 10.6. The van der Waals surface area contributed by atoms with E-state index in [2.05, 4.69) is 43.1 Å². The van der Waals surface area contributed by atoms with Gasteiger partial charge in [-0.1, -0.05) is 39.8 Å². The molecule has 0 aliphatic carbocycles. The van der Waals surface area contributed by atoms with Crippen LogP contribution in [0.1, 0.15) is 39.2 Å². The van der Waals surface area contributed by atoms with Crippen LogP contribution < -0.4 is 0 Å². The Labute approximate surface area is 86.2 Å². The fourth-order valence-electron chi connectivity index (χ4n) is 1.61. The van der Waals surface area contributed by atoms with Crippen LogP contribution >= 0.6 is 0 Å². The van der Waals surface area contributed by atoms with Gasteiger partial charge < -0.3 is 4.98 Å². The zero-order valence-electron chi connectivity index (χ0n) is 9.46. The Balaban J connectivity index is 0.000000461. The molecule has 0 amide bonds. The number of rotatable bonds is 1. The lowest BCUT2D eigenvalue weighted by atomic mass is 10.00. The van der Waals surface area contributed by atoms with Gasteiger partial charge in [-0.15, -0.1) is 0 Å². The Morgan fingerprint density at radius 2 is 1.79 bits per heavy atom. The smallest absolute Gasteiger partial charge is 0.0456 e. The van der Waals surface area contributed by atoms with Gasteiger partial charge in [-0.25, -0.2) is 0 Å². The minimum absolute atomic E-state index is 0.601. The van der Waals surface area contributed by atoms with Crippen molar-refractivity contribution in [1.29, 1.82) is 0 Å². The maximum Gasteiger partial charge on any atom is 0.0456 e. The van der Waals surface area contributed by atoms with Crippen molar-refractivity contribution in [2.75, 3.05) is 0 Å². The van der Waals surface area contributed by atoms with Gasteiger partial charge in [0.1, 0.15) is 0 Å². The van der Waals surface area contributed by atoms with Crippen LogP contribution in [0, 0.1) is 0 Å². The van der Waals surface area contributed by atoms with Crippen LogP contribution in [0.4, 0.5) is 0 Å². The van der Waals surface area contributed by atoms with Crippen LogP contribution in [0.2, 0.25) is 0 Å². The van der Waals surface area contributed by atoms with Gasteiger partial charge in [0.15, 0.2) is 0 Å². The summed E-state index contributed by atoms with van der Waals surface area (Å²) in [5.41, 5.74) is 2.66. The van der Waals surface area contributed by atoms with Gasteiger partial charge in [-0.2, -0.15) is 0 Å². The molecule has 0 aliphatic rings. The second-order valence-corrected chi connectivity index (χ2v) is 3.44. The summed E-state index contributed by atoms with van der Waals surface area (Å²) in [5, 5.41) is 1.35. The summed E-state index contributed by atoms with van der Waals surface area (Å²) in [6.07, 6.45) is 2.00. The first kappa shape index (κ1) is 10.8. The topological polar surface area (TPSA) is 15.8 Å². The molecule has 0 fully saturated rings. The monoisotopic (exact) mass is 189 g/mol. The molecule has 1 N–H and O–H groups in total. The molecule has 0 saturated carbocycles. The normalized spacial score (nSPS) is 10.1. The summed E-state index contributed by atoms with van der Waals surface area (Å²) in [5.74, 6) is 0.601. The molecule has 1 aromatic heterocycles. The predicted molar refractivity (Wildman–Crippen MR) is 63.7 cm³/mol. The average molecular weight is 189 g/mol. The fraction of sp³-hybridized carbons (Fsp3) is 0.385. The van der Waals surface area contributed by atoms with Crippen LogP contribution in [0.3, 0.4) is 0 Å². The number of hydrogen-bond donors (Lipinski definition) is 1. The van der Waals surface area contributed by atoms with Crippen molar-refractivity contribution < 1.29 is 0 Å². The maximum atomic E-state index is 3.21. The molecule has 2 aromatic rings. The number of hydrogen-bond acceptors (Lipinski definition) is 0. The molecule has 0 unspecified atom stereocenters. The summed E-state index contributed by atoms with van der Waals surface area (Å²) in [6, 6.07) is 8.56. The van der Waals surface area contributed by atoms with E-state index >= 15 is 0 Å². The molecule has 14 heavy (non-hydrogen) atoms. The number of nitrogens with one attached hydrogen (secondary N) is 1. The first-order valence-electron chi connectivity index (χ1n) is 5.35. The second kappa shape index (κ2) is 4.85. The largest absolute Gasteiger partial charge is 0.361 e. The molecule has 1 heterocycles. The van der Waals surface area contributed by atoms with Gasteiger partial charge in [0.05, 0.1) is 0 Å². The Morgan fingerprint density at radius 1 is 1.07 bits per heavy atom. The Morgan fingerprint density at radius 3 is 2.43 bits per heavy atom. The number of fused-ring (bicyclic) bond motifs is 1. The van der Waals surface area contributed by atoms with E-state index < -0.39 is 0 Å². The number of aromatic amines is 1. The van der Waals surface area contributed by atoms with Crippen molar-refractivity contribution in [3.8, 4) is 0 Å². The molecule has 76 valence electrons. The van der Waals surface area contributed by atoms with E-state index in [1.807, 2.05) is 20.0 Å². The second-order valence-electron chi connectivity index (χ2n) is 3.44. The van der Waals surface area contributed by atoms with Crippen molar-refractivity contribution in [1.82, 2.24) is 4.98 Å². The molecule has 0 radical (unpaired) electrons. The zero-order valence-corrected chi connectivity index (χ0v) is 9.46. The first-order valence-corrected chi connectivity index (χ1v) is 5.35. The number of benzene rings is 1. The van der Waals surface area contributed by atoms with Crippen molar-refractivity contribution in [3.63, 3.8) is 0 Å². The highest BCUT2D eigenvalue weighted by atomic mass is 14.7. The van der Waals surface area contributed by atoms with Crippen LogP contribution in [0.25, 0.3) is 10.9 Å². The van der Waals surface area contributed by atoms with Gasteiger partial charge in [0.25, 0.3) is 0 Å². The fourth-order valence-corrected chi connectivity index (χ4v) is 1.61. The predicted octanol–water partition coefficient (Wildman–Crippen LogP) is 4.32. The van der Waals surface area contributed by atoms with E-state index in [-0.39, 0.29) is 0 Å². The molecule has 0 atom stereocenters. The standard InChI is InChI=1S/C11H13N.C2H6/c1-8(2)9-4-3-5-11-10(9)6-7-12-11;1-2/h3-8,12H,1-2H3;1-2H3. The highest BCUT2D eigenvalue weighted by molar-refractivity contribution is 5.83. The van der Waals surface area contributed by atoms with Crippen molar-refractivity contribution >= 4 is 10.9 Å². The van der Waals surface area contributed by atoms with Crippen molar-refractivity contribution in [3.05, 3.63) is 36.0 Å². The molecule has 0 bridgehead atoms. The molecule has 1 nitrogen and oxygen atoms in total. The van der Waals surface area contributed by atoms with E-state index in [0.717, 1.165) is 0 Å². The molecule has 1 aromatic carbocycles. The summed E-state index contributed by atoms with van der Waals surface area (Å²) in [7, 11) is 0. The van der Waals surface area contributed by atoms with Crippen LogP contribution in [0.5, 0.6) is 0 Å². The summed E-state index contributed by atoms with van der Waals surface area (Å²) in [6.45, 7) is 8.45. The summed E-state index contributed by atoms with van der Waals surface area (Å²) >= 11 is 0. The molecule has 0 aliphatic heterocycles. The molecule has 0 spiro atoms. The highest BCUT2D eigenvalue weighted by Crippen LogP contribution is 2.23. The minimum Gasteiger partial charge on any atom is -0.361 e. The molecular weight excluding hydrogens is 170 g/mol. The Kier molecular flexibility index (Phi) is 3.75. The van der Waals surface area contributed by atoms with Crippen LogP contribution in [-0.2, 0) is 0 Å². The molecule has 0 saturated heterocycles. The summed E-state index contributed by atoms with van der Waals surface area (Å²) < 4.78 is 0. The van der Waals surface area contributed by atoms with E-state index in [0.29, 0.717) is 5.92 Å². The average Bonchev–Trinajstić information content (AvgIpc) is 2.67. The SMILES string of the molecule is CC.CC(C)c1cccc2[nH]ccc12. The maximum absolute atomic E-state index is 3.21. The Bertz CT molecular complexity index is 385. The third-order valence-electron chi connectivity index (χ3n) is 2.25. The van der Waals surface area contributed by atoms with E-state index in [1.54, 1.807) is 0 Å². The van der Waals surface area contributed by atoms with Gasteiger partial charge in [0, 0.05) is 17.1 Å². The lowest BCUT2D eigenvalue weighted by molar-refractivity contribution is 0.876. The lowest BCUT2D eigenvalue weighted by Crippen LogP contribution is -1.86. The number of H-pyrrole nitrogens is 1. The van der Waals surface area contributed by atoms with Crippen molar-refractivity contribution in [2.24, 2.45) is 0 Å². The third-order valence-corrected chi connectivity index (χ3v) is 2.25. The molecule has 1 heteroatoms. The lowest BCUT2D eigenvalue weighted by Gasteiger charge is -2.05. The van der Waals surface area contributed by atoms with Gasteiger partial charge in [-0.05, 0) is 23.6 Å². The Hall–Kier alpha value is -1.24. The van der Waals surface area contributed by atoms with E-state index in [1.165, 1.54) is 16.5 Å². The highest BCUT2D eigenvalue weighted by Gasteiger charge is 2.03. The number of aromatic nitrogens is 1. The van der Waals surface area contributed by atoms with Gasteiger partial charge >= 0.3 is 0 Å². The summed E-state index contributed by atoms with van der Waals surface area (Å²) in [4.78, 5) is 3.21. The first-order chi connectivity index (χ1) is 6.79. The van der Waals surface area contributed by atoms with Gasteiger partial charge in [-0.3, -0.25) is 0 Å². The quantitative estimate of drug-likeness (QED) is 0.687. The van der Waals surface area contributed by atoms with E-state index in [9.17, 15) is 0 Å². The van der Waals surface area contributed by atoms with E-state index in [4.69, 9.17) is 0 Å². The third kappa shape index (κ3) is 1.98. The minimum atomic E-state index is 0.601. The van der Waals surface area contributed by atoms with Crippen LogP contribution in [0.15, 0.2) is 30.5 Å². The molecule has 2 rings (SSSR count).